The second-order valence-electron chi connectivity index (χ2n) is 6.41. The Morgan fingerprint density at radius 1 is 1.24 bits per heavy atom. The number of hydrogen-bond donors (Lipinski definition) is 1. The highest BCUT2D eigenvalue weighted by Gasteiger charge is 2.31. The van der Waals surface area contributed by atoms with Crippen LogP contribution in [0.4, 0.5) is 24.5 Å². The molecule has 154 valence electrons. The molecule has 0 unspecified atom stereocenters. The van der Waals surface area contributed by atoms with Gasteiger partial charge in [-0.2, -0.15) is 13.2 Å². The number of nitrogens with one attached hydrogen (secondary N) is 1. The summed E-state index contributed by atoms with van der Waals surface area (Å²) in [4.78, 5) is 22.5. The quantitative estimate of drug-likeness (QED) is 0.562. The summed E-state index contributed by atoms with van der Waals surface area (Å²) in [6.07, 6.45) is -3.09. The van der Waals surface area contributed by atoms with Crippen LogP contribution < -0.4 is 10.1 Å². The van der Waals surface area contributed by atoms with Gasteiger partial charge in [-0.15, -0.1) is 0 Å². The summed E-state index contributed by atoms with van der Waals surface area (Å²) in [5.74, 6) is -0.648. The number of halogens is 3. The average molecular weight is 410 g/mol. The predicted octanol–water partition coefficient (Wildman–Crippen LogP) is 4.42. The summed E-state index contributed by atoms with van der Waals surface area (Å²) in [6, 6.07) is 7.50. The number of alkyl halides is 3. The van der Waals surface area contributed by atoms with Crippen molar-refractivity contribution in [1.82, 2.24) is 0 Å². The maximum atomic E-state index is 13.1. The fourth-order valence-electron chi connectivity index (χ4n) is 2.82. The van der Waals surface area contributed by atoms with Gasteiger partial charge in [-0.25, -0.2) is 0 Å². The van der Waals surface area contributed by atoms with Crippen LogP contribution in [-0.2, 0) is 10.9 Å². The van der Waals surface area contributed by atoms with Gasteiger partial charge in [-0.05, 0) is 43.2 Å². The second-order valence-corrected chi connectivity index (χ2v) is 6.41. The Labute approximate surface area is 163 Å². The molecule has 0 bridgehead atoms. The zero-order chi connectivity index (χ0) is 21.0. The number of carbonyl (C=O) groups is 1. The number of nitro benzene ring substituents is 1. The van der Waals surface area contributed by atoms with E-state index in [9.17, 15) is 28.1 Å². The first-order chi connectivity index (χ1) is 13.7. The minimum Gasteiger partial charge on any atom is -0.489 e. The SMILES string of the molecule is O=C(Nc1cc(C(F)(F)F)ccc1OC[C@@H]1CCCO1)c1ccc([N+](=O)[O-])cc1. The van der Waals surface area contributed by atoms with Crippen LogP contribution in [0.1, 0.15) is 28.8 Å². The molecule has 1 aliphatic heterocycles. The summed E-state index contributed by atoms with van der Waals surface area (Å²) >= 11 is 0. The van der Waals surface area contributed by atoms with Gasteiger partial charge in [0.1, 0.15) is 12.4 Å². The lowest BCUT2D eigenvalue weighted by molar-refractivity contribution is -0.384. The lowest BCUT2D eigenvalue weighted by Crippen LogP contribution is -2.18. The number of hydrogen-bond acceptors (Lipinski definition) is 5. The number of anilines is 1. The molecule has 1 aliphatic rings. The average Bonchev–Trinajstić information content (AvgIpc) is 3.20. The largest absolute Gasteiger partial charge is 0.489 e. The van der Waals surface area contributed by atoms with E-state index in [1.807, 2.05) is 0 Å². The van der Waals surface area contributed by atoms with Gasteiger partial charge in [0.2, 0.25) is 0 Å². The van der Waals surface area contributed by atoms with Gasteiger partial charge < -0.3 is 14.8 Å². The highest BCUT2D eigenvalue weighted by atomic mass is 19.4. The summed E-state index contributed by atoms with van der Waals surface area (Å²) in [7, 11) is 0. The minimum absolute atomic E-state index is 0.0538. The van der Waals surface area contributed by atoms with Crippen molar-refractivity contribution in [2.45, 2.75) is 25.1 Å². The third kappa shape index (κ3) is 5.23. The van der Waals surface area contributed by atoms with Crippen LogP contribution in [0, 0.1) is 10.1 Å². The first-order valence-corrected chi connectivity index (χ1v) is 8.75. The van der Waals surface area contributed by atoms with Crippen molar-refractivity contribution in [3.63, 3.8) is 0 Å². The van der Waals surface area contributed by atoms with Crippen molar-refractivity contribution in [2.75, 3.05) is 18.5 Å². The second kappa shape index (κ2) is 8.48. The summed E-state index contributed by atoms with van der Waals surface area (Å²) in [5, 5.41) is 13.1. The van der Waals surface area contributed by atoms with Crippen molar-refractivity contribution in [1.29, 1.82) is 0 Å². The summed E-state index contributed by atoms with van der Waals surface area (Å²) in [6.45, 7) is 0.747. The fraction of sp³-hybridized carbons (Fsp3) is 0.316. The van der Waals surface area contributed by atoms with Crippen LogP contribution in [0.2, 0.25) is 0 Å². The van der Waals surface area contributed by atoms with E-state index in [0.717, 1.165) is 43.2 Å². The molecule has 0 spiro atoms. The molecule has 1 N–H and O–H groups in total. The number of benzene rings is 2. The zero-order valence-electron chi connectivity index (χ0n) is 15.1. The highest BCUT2D eigenvalue weighted by molar-refractivity contribution is 6.05. The Hall–Kier alpha value is -3.14. The smallest absolute Gasteiger partial charge is 0.416 e. The maximum absolute atomic E-state index is 13.1. The van der Waals surface area contributed by atoms with E-state index in [2.05, 4.69) is 5.32 Å². The molecule has 1 fully saturated rings. The monoisotopic (exact) mass is 410 g/mol. The van der Waals surface area contributed by atoms with Crippen molar-refractivity contribution in [2.24, 2.45) is 0 Å². The zero-order valence-corrected chi connectivity index (χ0v) is 15.1. The standard InChI is InChI=1S/C19H17F3N2O5/c20-19(21,22)13-5-8-17(29-11-15-2-1-9-28-15)16(10-13)23-18(25)12-3-6-14(7-4-12)24(26)27/h3-8,10,15H,1-2,9,11H2,(H,23,25)/t15-/m0/s1. The number of nitro groups is 1. The van der Waals surface area contributed by atoms with Gasteiger partial charge in [-0.3, -0.25) is 14.9 Å². The molecule has 1 atom stereocenters. The Balaban J connectivity index is 1.81. The van der Waals surface area contributed by atoms with Gasteiger partial charge in [0.05, 0.1) is 22.3 Å². The van der Waals surface area contributed by atoms with Crippen molar-refractivity contribution < 1.29 is 32.4 Å². The van der Waals surface area contributed by atoms with Crippen LogP contribution in [0.3, 0.4) is 0 Å². The van der Waals surface area contributed by atoms with Crippen LogP contribution >= 0.6 is 0 Å². The molecule has 2 aromatic rings. The van der Waals surface area contributed by atoms with Gasteiger partial charge in [0.15, 0.2) is 0 Å². The summed E-state index contributed by atoms with van der Waals surface area (Å²) < 4.78 is 50.2. The van der Waals surface area contributed by atoms with E-state index >= 15 is 0 Å². The molecule has 3 rings (SSSR count). The number of nitrogens with zero attached hydrogens (tertiary/aromatic N) is 1. The van der Waals surface area contributed by atoms with Gasteiger partial charge >= 0.3 is 6.18 Å². The van der Waals surface area contributed by atoms with Crippen molar-refractivity contribution >= 4 is 17.3 Å². The molecule has 0 aromatic heterocycles. The third-order valence-corrected chi connectivity index (χ3v) is 4.34. The van der Waals surface area contributed by atoms with E-state index < -0.39 is 22.6 Å². The number of ether oxygens (including phenoxy) is 2. The third-order valence-electron chi connectivity index (χ3n) is 4.34. The van der Waals surface area contributed by atoms with E-state index in [4.69, 9.17) is 9.47 Å². The Kier molecular flexibility index (Phi) is 6.02. The Morgan fingerprint density at radius 2 is 1.97 bits per heavy atom. The van der Waals surface area contributed by atoms with Crippen LogP contribution in [0.15, 0.2) is 42.5 Å². The lowest BCUT2D eigenvalue weighted by Gasteiger charge is -2.17. The minimum atomic E-state index is -4.60. The fourth-order valence-corrected chi connectivity index (χ4v) is 2.82. The van der Waals surface area contributed by atoms with Crippen LogP contribution in [0.25, 0.3) is 0 Å². The lowest BCUT2D eigenvalue weighted by atomic mass is 10.1. The molecule has 0 saturated carbocycles. The topological polar surface area (TPSA) is 90.7 Å². The Morgan fingerprint density at radius 3 is 2.55 bits per heavy atom. The molecule has 2 aromatic carbocycles. The maximum Gasteiger partial charge on any atom is 0.416 e. The van der Waals surface area contributed by atoms with Crippen LogP contribution in [0.5, 0.6) is 5.75 Å². The summed E-state index contributed by atoms with van der Waals surface area (Å²) in [5.41, 5.74) is -1.25. The number of carbonyl (C=O) groups excluding carboxylic acids is 1. The molecule has 29 heavy (non-hydrogen) atoms. The number of amides is 1. The van der Waals surface area contributed by atoms with Crippen molar-refractivity contribution in [3.8, 4) is 5.75 Å². The van der Waals surface area contributed by atoms with Crippen molar-refractivity contribution in [3.05, 3.63) is 63.7 Å². The molecular weight excluding hydrogens is 393 g/mol. The van der Waals surface area contributed by atoms with Crippen LogP contribution in [-0.4, -0.2) is 30.1 Å². The van der Waals surface area contributed by atoms with E-state index in [-0.39, 0.29) is 35.4 Å². The van der Waals surface area contributed by atoms with Gasteiger partial charge in [0.25, 0.3) is 11.6 Å². The molecule has 0 radical (unpaired) electrons. The first kappa shape index (κ1) is 20.6. The van der Waals surface area contributed by atoms with E-state index in [1.165, 1.54) is 12.1 Å². The first-order valence-electron chi connectivity index (χ1n) is 8.75. The number of rotatable bonds is 6. The normalized spacial score (nSPS) is 16.4. The van der Waals surface area contributed by atoms with Gasteiger partial charge in [0, 0.05) is 24.3 Å². The number of non-ortho nitro benzene ring substituents is 1. The van der Waals surface area contributed by atoms with E-state index in [0.29, 0.717) is 6.61 Å². The van der Waals surface area contributed by atoms with E-state index in [1.54, 1.807) is 0 Å². The molecule has 0 aliphatic carbocycles. The Bertz CT molecular complexity index is 894. The highest BCUT2D eigenvalue weighted by Crippen LogP contribution is 2.35. The predicted molar refractivity (Wildman–Crippen MR) is 97.0 cm³/mol. The molecule has 1 heterocycles. The molecule has 10 heteroatoms. The molecule has 1 amide bonds. The molecule has 7 nitrogen and oxygen atoms in total. The van der Waals surface area contributed by atoms with Gasteiger partial charge in [-0.1, -0.05) is 0 Å². The molecule has 1 saturated heterocycles. The molecular formula is C19H17F3N2O5.